The van der Waals surface area contributed by atoms with Gasteiger partial charge in [0, 0.05) is 18.7 Å². The second-order valence-electron chi connectivity index (χ2n) is 8.70. The van der Waals surface area contributed by atoms with Crippen LogP contribution in [0.25, 0.3) is 16.6 Å². The number of aromatic nitrogens is 2. The summed E-state index contributed by atoms with van der Waals surface area (Å²) in [6.07, 6.45) is 0.540. The average molecular weight is 473 g/mol. The molecule has 0 aliphatic rings. The summed E-state index contributed by atoms with van der Waals surface area (Å²) in [6, 6.07) is 21.7. The summed E-state index contributed by atoms with van der Waals surface area (Å²) in [5.41, 5.74) is 1.47. The third-order valence-corrected chi connectivity index (χ3v) is 6.02. The van der Waals surface area contributed by atoms with E-state index in [0.717, 1.165) is 0 Å². The molecule has 1 atom stereocenters. The van der Waals surface area contributed by atoms with Gasteiger partial charge >= 0.3 is 0 Å². The van der Waals surface area contributed by atoms with Gasteiger partial charge < -0.3 is 9.80 Å². The van der Waals surface area contributed by atoms with Crippen molar-refractivity contribution in [3.63, 3.8) is 0 Å². The zero-order valence-electron chi connectivity index (χ0n) is 20.2. The Labute approximate surface area is 204 Å². The first kappa shape index (κ1) is 24.3. The zero-order valence-corrected chi connectivity index (χ0v) is 20.2. The summed E-state index contributed by atoms with van der Waals surface area (Å²) in [6.45, 7) is 3.01. The van der Waals surface area contributed by atoms with Crippen molar-refractivity contribution in [2.24, 2.45) is 0 Å². The van der Waals surface area contributed by atoms with Crippen molar-refractivity contribution in [3.05, 3.63) is 106 Å². The molecule has 1 heterocycles. The normalized spacial score (nSPS) is 12.1. The largest absolute Gasteiger partial charge is 0.327 e. The highest BCUT2D eigenvalue weighted by Crippen LogP contribution is 2.27. The molecule has 35 heavy (non-hydrogen) atoms. The van der Waals surface area contributed by atoms with Crippen LogP contribution in [-0.2, 0) is 0 Å². The van der Waals surface area contributed by atoms with Crippen LogP contribution in [0, 0.1) is 5.82 Å². The van der Waals surface area contributed by atoms with E-state index < -0.39 is 11.9 Å². The Morgan fingerprint density at radius 3 is 2.26 bits per heavy atom. The zero-order chi connectivity index (χ0) is 24.9. The summed E-state index contributed by atoms with van der Waals surface area (Å²) in [4.78, 5) is 36.1. The van der Waals surface area contributed by atoms with Crippen molar-refractivity contribution in [3.8, 4) is 5.69 Å². The van der Waals surface area contributed by atoms with Crippen LogP contribution in [0.15, 0.2) is 83.7 Å². The van der Waals surface area contributed by atoms with Crippen LogP contribution in [0.3, 0.4) is 0 Å². The Morgan fingerprint density at radius 2 is 1.60 bits per heavy atom. The van der Waals surface area contributed by atoms with Crippen molar-refractivity contribution in [1.82, 2.24) is 19.4 Å². The highest BCUT2D eigenvalue weighted by molar-refractivity contribution is 5.94. The van der Waals surface area contributed by atoms with Gasteiger partial charge in [0.05, 0.1) is 22.6 Å². The molecule has 0 fully saturated rings. The van der Waals surface area contributed by atoms with Gasteiger partial charge in [-0.2, -0.15) is 0 Å². The molecule has 0 radical (unpaired) electrons. The van der Waals surface area contributed by atoms with Gasteiger partial charge in [-0.3, -0.25) is 14.2 Å². The lowest BCUT2D eigenvalue weighted by molar-refractivity contribution is 0.0644. The lowest BCUT2D eigenvalue weighted by Crippen LogP contribution is -2.41. The van der Waals surface area contributed by atoms with Crippen molar-refractivity contribution >= 4 is 16.8 Å². The van der Waals surface area contributed by atoms with Crippen LogP contribution in [0.1, 0.15) is 35.6 Å². The van der Waals surface area contributed by atoms with Gasteiger partial charge in [0.2, 0.25) is 0 Å². The number of amides is 1. The number of hydrogen-bond donors (Lipinski definition) is 0. The number of halogens is 1. The summed E-state index contributed by atoms with van der Waals surface area (Å²) >= 11 is 0. The monoisotopic (exact) mass is 472 g/mol. The summed E-state index contributed by atoms with van der Waals surface area (Å²) in [5, 5.41) is 0.514. The lowest BCUT2D eigenvalue weighted by Gasteiger charge is -2.33. The number of hydrogen-bond acceptors (Lipinski definition) is 4. The summed E-state index contributed by atoms with van der Waals surface area (Å²) < 4.78 is 15.2. The van der Waals surface area contributed by atoms with E-state index in [-0.39, 0.29) is 11.5 Å². The van der Waals surface area contributed by atoms with Crippen molar-refractivity contribution in [1.29, 1.82) is 0 Å². The molecule has 0 aliphatic heterocycles. The van der Waals surface area contributed by atoms with E-state index in [9.17, 15) is 14.0 Å². The fourth-order valence-corrected chi connectivity index (χ4v) is 4.21. The number of carbonyl (C=O) groups is 1. The molecular weight excluding hydrogens is 443 g/mol. The number of likely N-dealkylation sites (N-methyl/N-ethyl adjacent to an activating group) is 1. The first-order chi connectivity index (χ1) is 16.9. The summed E-state index contributed by atoms with van der Waals surface area (Å²) in [7, 11) is 3.88. The molecule has 0 aliphatic carbocycles. The Bertz CT molecular complexity index is 1370. The van der Waals surface area contributed by atoms with Crippen LogP contribution in [0.5, 0.6) is 0 Å². The SMILES string of the molecule is CCC(c1nc2ccccc2c(=O)n1-c1ccccc1)N(CCN(C)C)C(=O)c1ccc(F)cc1. The van der Waals surface area contributed by atoms with E-state index in [4.69, 9.17) is 4.98 Å². The Morgan fingerprint density at radius 1 is 0.943 bits per heavy atom. The van der Waals surface area contributed by atoms with Crippen LogP contribution in [-0.4, -0.2) is 52.4 Å². The average Bonchev–Trinajstić information content (AvgIpc) is 2.87. The molecule has 4 aromatic rings. The van der Waals surface area contributed by atoms with E-state index in [1.165, 1.54) is 24.3 Å². The van der Waals surface area contributed by atoms with Gasteiger partial charge in [0.1, 0.15) is 11.6 Å². The number of carbonyl (C=O) groups excluding carboxylic acids is 1. The first-order valence-electron chi connectivity index (χ1n) is 11.7. The van der Waals surface area contributed by atoms with E-state index in [0.29, 0.717) is 47.5 Å². The first-order valence-corrected chi connectivity index (χ1v) is 11.7. The molecule has 0 bridgehead atoms. The van der Waals surface area contributed by atoms with Crippen molar-refractivity contribution in [2.45, 2.75) is 19.4 Å². The number of benzene rings is 3. The molecule has 0 saturated carbocycles. The fraction of sp³-hybridized carbons (Fsp3) is 0.250. The van der Waals surface area contributed by atoms with Crippen molar-refractivity contribution in [2.75, 3.05) is 27.2 Å². The smallest absolute Gasteiger partial charge is 0.266 e. The molecule has 0 saturated heterocycles. The quantitative estimate of drug-likeness (QED) is 0.374. The molecule has 1 unspecified atom stereocenters. The maximum atomic E-state index is 13.7. The molecule has 6 nitrogen and oxygen atoms in total. The molecule has 0 N–H and O–H groups in total. The predicted molar refractivity (Wildman–Crippen MR) is 136 cm³/mol. The van der Waals surface area contributed by atoms with Crippen LogP contribution < -0.4 is 5.56 Å². The molecular formula is C28H29FN4O2. The standard InChI is InChI=1S/C28H29FN4O2/c1-4-25(32(19-18-31(2)3)27(34)20-14-16-21(29)17-15-20)26-30-24-13-9-8-12-23(24)28(35)33(26)22-10-6-5-7-11-22/h5-17,25H,4,18-19H2,1-3H3. The Hall–Kier alpha value is -3.84. The Kier molecular flexibility index (Phi) is 7.36. The van der Waals surface area contributed by atoms with Crippen LogP contribution in [0.2, 0.25) is 0 Å². The number of rotatable bonds is 8. The molecule has 4 rings (SSSR count). The highest BCUT2D eigenvalue weighted by atomic mass is 19.1. The maximum Gasteiger partial charge on any atom is 0.266 e. The van der Waals surface area contributed by atoms with E-state index in [1.54, 1.807) is 15.5 Å². The predicted octanol–water partition coefficient (Wildman–Crippen LogP) is 4.68. The fourth-order valence-electron chi connectivity index (χ4n) is 4.21. The molecule has 1 aromatic heterocycles. The van der Waals surface area contributed by atoms with Crippen LogP contribution >= 0.6 is 0 Å². The second-order valence-corrected chi connectivity index (χ2v) is 8.70. The topological polar surface area (TPSA) is 58.4 Å². The van der Waals surface area contributed by atoms with E-state index in [2.05, 4.69) is 0 Å². The lowest BCUT2D eigenvalue weighted by atomic mass is 10.1. The minimum atomic E-state index is -0.481. The molecule has 180 valence electrons. The van der Waals surface area contributed by atoms with E-state index in [1.807, 2.05) is 74.4 Å². The molecule has 3 aromatic carbocycles. The number of fused-ring (bicyclic) bond motifs is 1. The highest BCUT2D eigenvalue weighted by Gasteiger charge is 2.29. The van der Waals surface area contributed by atoms with Crippen molar-refractivity contribution < 1.29 is 9.18 Å². The van der Waals surface area contributed by atoms with Gasteiger partial charge in [-0.15, -0.1) is 0 Å². The maximum absolute atomic E-state index is 13.7. The third-order valence-electron chi connectivity index (χ3n) is 6.02. The third kappa shape index (κ3) is 5.15. The number of nitrogens with zero attached hydrogens (tertiary/aromatic N) is 4. The van der Waals surface area contributed by atoms with Gasteiger partial charge in [-0.1, -0.05) is 37.3 Å². The second kappa shape index (κ2) is 10.6. The summed E-state index contributed by atoms with van der Waals surface area (Å²) in [5.74, 6) is -0.139. The molecule has 7 heteroatoms. The van der Waals surface area contributed by atoms with Gasteiger partial charge in [0.25, 0.3) is 11.5 Å². The molecule has 0 spiro atoms. The van der Waals surface area contributed by atoms with Gasteiger partial charge in [-0.25, -0.2) is 9.37 Å². The number of para-hydroxylation sites is 2. The van der Waals surface area contributed by atoms with Gasteiger partial charge in [0.15, 0.2) is 0 Å². The Balaban J connectivity index is 1.92. The van der Waals surface area contributed by atoms with E-state index >= 15 is 0 Å². The molecule has 1 amide bonds. The van der Waals surface area contributed by atoms with Crippen LogP contribution in [0.4, 0.5) is 4.39 Å². The van der Waals surface area contributed by atoms with Gasteiger partial charge in [-0.05, 0) is 69.0 Å². The minimum absolute atomic E-state index is 0.183. The minimum Gasteiger partial charge on any atom is -0.327 e.